The van der Waals surface area contributed by atoms with Crippen molar-refractivity contribution in [1.82, 2.24) is 0 Å². The second kappa shape index (κ2) is 6.08. The van der Waals surface area contributed by atoms with Gasteiger partial charge in [0.15, 0.2) is 0 Å². The zero-order chi connectivity index (χ0) is 13.8. The van der Waals surface area contributed by atoms with Gasteiger partial charge in [-0.2, -0.15) is 0 Å². The number of aromatic carboxylic acids is 1. The number of carboxylic acid groups (broad SMARTS) is 1. The minimum atomic E-state index is -0.942. The molecule has 0 saturated heterocycles. The van der Waals surface area contributed by atoms with Gasteiger partial charge in [-0.1, -0.05) is 39.7 Å². The first-order chi connectivity index (χ1) is 9.06. The monoisotopic (exact) mass is 340 g/mol. The molecule has 2 aromatic rings. The molecule has 0 bridgehead atoms. The third kappa shape index (κ3) is 3.72. The predicted octanol–water partition coefficient (Wildman–Crippen LogP) is 4.38. The predicted molar refractivity (Wildman–Crippen MR) is 76.9 cm³/mol. The van der Waals surface area contributed by atoms with Crippen LogP contribution in [0.2, 0.25) is 5.02 Å². The van der Waals surface area contributed by atoms with Crippen LogP contribution in [-0.4, -0.2) is 11.1 Å². The van der Waals surface area contributed by atoms with Crippen molar-refractivity contribution < 1.29 is 14.6 Å². The van der Waals surface area contributed by atoms with Gasteiger partial charge in [-0.05, 0) is 35.9 Å². The van der Waals surface area contributed by atoms with E-state index in [-0.39, 0.29) is 5.56 Å². The van der Waals surface area contributed by atoms with E-state index in [1.807, 2.05) is 6.07 Å². The van der Waals surface area contributed by atoms with E-state index in [9.17, 15) is 4.79 Å². The topological polar surface area (TPSA) is 46.5 Å². The van der Waals surface area contributed by atoms with E-state index in [2.05, 4.69) is 15.9 Å². The van der Waals surface area contributed by atoms with Gasteiger partial charge in [-0.3, -0.25) is 0 Å². The first-order valence-electron chi connectivity index (χ1n) is 5.46. The van der Waals surface area contributed by atoms with Gasteiger partial charge in [0.05, 0.1) is 10.6 Å². The molecule has 0 amide bonds. The van der Waals surface area contributed by atoms with Crippen LogP contribution in [0.25, 0.3) is 0 Å². The van der Waals surface area contributed by atoms with Crippen molar-refractivity contribution >= 4 is 33.5 Å². The summed E-state index contributed by atoms with van der Waals surface area (Å²) >= 11 is 9.35. The van der Waals surface area contributed by atoms with Crippen LogP contribution in [0, 0.1) is 0 Å². The van der Waals surface area contributed by atoms with Gasteiger partial charge in [0.2, 0.25) is 0 Å². The van der Waals surface area contributed by atoms with Crippen molar-refractivity contribution in [1.29, 1.82) is 0 Å². The van der Waals surface area contributed by atoms with Crippen LogP contribution in [0.5, 0.6) is 5.75 Å². The molecular weight excluding hydrogens is 332 g/mol. The van der Waals surface area contributed by atoms with Crippen LogP contribution in [0.15, 0.2) is 46.9 Å². The smallest absolute Gasteiger partial charge is 0.335 e. The fourth-order valence-corrected chi connectivity index (χ4v) is 2.00. The summed E-state index contributed by atoms with van der Waals surface area (Å²) < 4.78 is 6.48. The number of benzene rings is 2. The van der Waals surface area contributed by atoms with Crippen molar-refractivity contribution in [2.24, 2.45) is 0 Å². The minimum absolute atomic E-state index is 0.254. The summed E-state index contributed by atoms with van der Waals surface area (Å²) in [4.78, 5) is 10.7. The fourth-order valence-electron chi connectivity index (χ4n) is 1.49. The zero-order valence-electron chi connectivity index (χ0n) is 9.77. The number of halogens is 2. The maximum absolute atomic E-state index is 10.7. The van der Waals surface area contributed by atoms with E-state index >= 15 is 0 Å². The van der Waals surface area contributed by atoms with Crippen molar-refractivity contribution in [3.8, 4) is 5.75 Å². The highest BCUT2D eigenvalue weighted by Crippen LogP contribution is 2.28. The van der Waals surface area contributed by atoms with Gasteiger partial charge in [-0.25, -0.2) is 4.79 Å². The van der Waals surface area contributed by atoms with Gasteiger partial charge in [0.25, 0.3) is 0 Å². The zero-order valence-corrected chi connectivity index (χ0v) is 12.1. The highest BCUT2D eigenvalue weighted by molar-refractivity contribution is 9.10. The molecule has 2 aromatic carbocycles. The lowest BCUT2D eigenvalue weighted by atomic mass is 10.1. The molecule has 2 rings (SSSR count). The number of carbonyl (C=O) groups is 1. The molecule has 0 aliphatic heterocycles. The first kappa shape index (κ1) is 13.9. The van der Waals surface area contributed by atoms with Crippen LogP contribution in [0.4, 0.5) is 0 Å². The van der Waals surface area contributed by atoms with Crippen LogP contribution >= 0.6 is 27.5 Å². The Morgan fingerprint density at radius 2 is 1.89 bits per heavy atom. The lowest BCUT2D eigenvalue weighted by Gasteiger charge is -2.08. The fraction of sp³-hybridized carbons (Fsp3) is 0.0714. The molecule has 0 atom stereocenters. The molecule has 0 aliphatic carbocycles. The molecule has 19 heavy (non-hydrogen) atoms. The molecule has 5 heteroatoms. The van der Waals surface area contributed by atoms with E-state index < -0.39 is 5.97 Å². The van der Waals surface area contributed by atoms with E-state index in [1.54, 1.807) is 36.4 Å². The lowest BCUT2D eigenvalue weighted by molar-refractivity contribution is 0.0697. The third-order valence-corrected chi connectivity index (χ3v) is 3.29. The molecule has 0 aliphatic rings. The number of hydrogen-bond acceptors (Lipinski definition) is 2. The molecule has 0 radical (unpaired) electrons. The Balaban J connectivity index is 2.06. The van der Waals surface area contributed by atoms with Crippen molar-refractivity contribution in [3.63, 3.8) is 0 Å². The summed E-state index contributed by atoms with van der Waals surface area (Å²) in [5, 5.41) is 9.33. The van der Waals surface area contributed by atoms with Crippen LogP contribution in [0.3, 0.4) is 0 Å². The molecule has 98 valence electrons. The molecule has 0 fully saturated rings. The second-order valence-electron chi connectivity index (χ2n) is 3.87. The molecule has 0 aromatic heterocycles. The highest BCUT2D eigenvalue weighted by Gasteiger charge is 2.04. The van der Waals surface area contributed by atoms with Gasteiger partial charge < -0.3 is 9.84 Å². The summed E-state index contributed by atoms with van der Waals surface area (Å²) in [7, 11) is 0. The van der Waals surface area contributed by atoms with E-state index in [0.717, 1.165) is 10.0 Å². The van der Waals surface area contributed by atoms with Crippen LogP contribution < -0.4 is 4.74 Å². The largest absolute Gasteiger partial charge is 0.487 e. The molecular formula is C14H10BrClO3. The Kier molecular flexibility index (Phi) is 4.45. The summed E-state index contributed by atoms with van der Waals surface area (Å²) in [6, 6.07) is 11.9. The van der Waals surface area contributed by atoms with Crippen LogP contribution in [0.1, 0.15) is 15.9 Å². The maximum atomic E-state index is 10.7. The number of rotatable bonds is 4. The Labute approximate surface area is 123 Å². The average Bonchev–Trinajstić information content (AvgIpc) is 2.40. The third-order valence-electron chi connectivity index (χ3n) is 2.49. The summed E-state index contributed by atoms with van der Waals surface area (Å²) in [5.74, 6) is -0.360. The van der Waals surface area contributed by atoms with Crippen molar-refractivity contribution in [3.05, 3.63) is 63.1 Å². The number of hydrogen-bond donors (Lipinski definition) is 1. The molecule has 3 nitrogen and oxygen atoms in total. The Hall–Kier alpha value is -1.52. The number of ether oxygens (including phenoxy) is 1. The van der Waals surface area contributed by atoms with Crippen molar-refractivity contribution in [2.75, 3.05) is 0 Å². The van der Waals surface area contributed by atoms with Gasteiger partial charge >= 0.3 is 5.97 Å². The SMILES string of the molecule is O=C(O)c1ccc(COc2cc(Br)ccc2Cl)cc1. The quantitative estimate of drug-likeness (QED) is 0.897. The molecule has 0 spiro atoms. The lowest BCUT2D eigenvalue weighted by Crippen LogP contribution is -1.99. The molecule has 0 heterocycles. The summed E-state index contributed by atoms with van der Waals surface area (Å²) in [6.07, 6.45) is 0. The molecule has 1 N–H and O–H groups in total. The Morgan fingerprint density at radius 1 is 1.21 bits per heavy atom. The highest BCUT2D eigenvalue weighted by atomic mass is 79.9. The summed E-state index contributed by atoms with van der Waals surface area (Å²) in [6.45, 7) is 0.329. The van der Waals surface area contributed by atoms with E-state index in [1.165, 1.54) is 0 Å². The number of carboxylic acids is 1. The maximum Gasteiger partial charge on any atom is 0.335 e. The Bertz CT molecular complexity index is 596. The van der Waals surface area contributed by atoms with E-state index in [0.29, 0.717) is 17.4 Å². The minimum Gasteiger partial charge on any atom is -0.487 e. The van der Waals surface area contributed by atoms with E-state index in [4.69, 9.17) is 21.4 Å². The Morgan fingerprint density at radius 3 is 2.53 bits per heavy atom. The summed E-state index contributed by atoms with van der Waals surface area (Å²) in [5.41, 5.74) is 1.13. The average molecular weight is 342 g/mol. The molecule has 0 saturated carbocycles. The van der Waals surface area contributed by atoms with Gasteiger partial charge in [0, 0.05) is 4.47 Å². The van der Waals surface area contributed by atoms with Gasteiger partial charge in [-0.15, -0.1) is 0 Å². The van der Waals surface area contributed by atoms with Crippen LogP contribution in [-0.2, 0) is 6.61 Å². The second-order valence-corrected chi connectivity index (χ2v) is 5.19. The molecule has 0 unspecified atom stereocenters. The van der Waals surface area contributed by atoms with Gasteiger partial charge in [0.1, 0.15) is 12.4 Å². The first-order valence-corrected chi connectivity index (χ1v) is 6.63. The van der Waals surface area contributed by atoms with Crippen molar-refractivity contribution in [2.45, 2.75) is 6.61 Å². The standard InChI is InChI=1S/C14H10BrClO3/c15-11-5-6-12(16)13(7-11)19-8-9-1-3-10(4-2-9)14(17)18/h1-7H,8H2,(H,17,18). The normalized spacial score (nSPS) is 10.2.